The standard InChI is InChI=1S/C10H12N2O/c1-7-6-9(12-11-7)8-4-2-3-5-10(8)13/h2-5,9,12-13H,6H2,1H3/t9-/m0/s1. The van der Waals surface area contributed by atoms with E-state index in [1.165, 1.54) is 0 Å². The van der Waals surface area contributed by atoms with Gasteiger partial charge in [0.25, 0.3) is 0 Å². The fourth-order valence-corrected chi connectivity index (χ4v) is 1.54. The number of nitrogens with one attached hydrogen (secondary N) is 1. The summed E-state index contributed by atoms with van der Waals surface area (Å²) in [5.41, 5.74) is 4.99. The van der Waals surface area contributed by atoms with Gasteiger partial charge in [-0.3, -0.25) is 0 Å². The second-order valence-corrected chi connectivity index (χ2v) is 3.29. The highest BCUT2D eigenvalue weighted by Gasteiger charge is 2.19. The van der Waals surface area contributed by atoms with E-state index in [9.17, 15) is 5.11 Å². The van der Waals surface area contributed by atoms with Gasteiger partial charge in [-0.1, -0.05) is 18.2 Å². The molecule has 2 N–H and O–H groups in total. The second-order valence-electron chi connectivity index (χ2n) is 3.29. The van der Waals surface area contributed by atoms with E-state index in [2.05, 4.69) is 10.5 Å². The van der Waals surface area contributed by atoms with Gasteiger partial charge >= 0.3 is 0 Å². The minimum atomic E-state index is 0.140. The summed E-state index contributed by atoms with van der Waals surface area (Å²) in [6.07, 6.45) is 0.873. The molecule has 68 valence electrons. The molecule has 0 aromatic heterocycles. The molecule has 1 aromatic carbocycles. The van der Waals surface area contributed by atoms with Crippen molar-refractivity contribution in [3.63, 3.8) is 0 Å². The molecule has 0 unspecified atom stereocenters. The van der Waals surface area contributed by atoms with Crippen LogP contribution in [0.4, 0.5) is 0 Å². The summed E-state index contributed by atoms with van der Waals surface area (Å²) in [5, 5.41) is 13.7. The van der Waals surface area contributed by atoms with Crippen LogP contribution in [0.3, 0.4) is 0 Å². The Bertz CT molecular complexity index is 347. The van der Waals surface area contributed by atoms with Crippen LogP contribution in [-0.2, 0) is 0 Å². The third-order valence-electron chi connectivity index (χ3n) is 2.22. The van der Waals surface area contributed by atoms with Crippen LogP contribution in [0.1, 0.15) is 24.9 Å². The summed E-state index contributed by atoms with van der Waals surface area (Å²) in [4.78, 5) is 0. The maximum absolute atomic E-state index is 9.57. The van der Waals surface area contributed by atoms with Gasteiger partial charge in [-0.2, -0.15) is 5.10 Å². The maximum atomic E-state index is 9.57. The first-order chi connectivity index (χ1) is 6.27. The van der Waals surface area contributed by atoms with Crippen molar-refractivity contribution in [3.05, 3.63) is 29.8 Å². The van der Waals surface area contributed by atoms with Gasteiger partial charge in [-0.15, -0.1) is 0 Å². The zero-order chi connectivity index (χ0) is 9.26. The van der Waals surface area contributed by atoms with Crippen molar-refractivity contribution in [2.24, 2.45) is 5.10 Å². The van der Waals surface area contributed by atoms with Crippen LogP contribution in [0.25, 0.3) is 0 Å². The third kappa shape index (κ3) is 1.49. The lowest BCUT2D eigenvalue weighted by molar-refractivity contribution is 0.455. The summed E-state index contributed by atoms with van der Waals surface area (Å²) < 4.78 is 0. The number of phenolic OH excluding ortho intramolecular Hbond substituents is 1. The van der Waals surface area contributed by atoms with Gasteiger partial charge < -0.3 is 10.5 Å². The van der Waals surface area contributed by atoms with Crippen molar-refractivity contribution in [3.8, 4) is 5.75 Å². The molecule has 0 fully saturated rings. The smallest absolute Gasteiger partial charge is 0.120 e. The molecule has 0 bridgehead atoms. The minimum Gasteiger partial charge on any atom is -0.508 e. The predicted molar refractivity (Wildman–Crippen MR) is 51.7 cm³/mol. The molecule has 1 aliphatic heterocycles. The van der Waals surface area contributed by atoms with Gasteiger partial charge in [0.05, 0.1) is 6.04 Å². The Hall–Kier alpha value is -1.51. The van der Waals surface area contributed by atoms with Crippen molar-refractivity contribution in [2.45, 2.75) is 19.4 Å². The van der Waals surface area contributed by atoms with Crippen LogP contribution < -0.4 is 5.43 Å². The van der Waals surface area contributed by atoms with Crippen molar-refractivity contribution < 1.29 is 5.11 Å². The minimum absolute atomic E-state index is 0.140. The Labute approximate surface area is 77.1 Å². The number of rotatable bonds is 1. The fourth-order valence-electron chi connectivity index (χ4n) is 1.54. The second kappa shape index (κ2) is 3.09. The largest absolute Gasteiger partial charge is 0.508 e. The highest BCUT2D eigenvalue weighted by Crippen LogP contribution is 2.28. The molecular weight excluding hydrogens is 164 g/mol. The number of phenols is 1. The molecule has 3 heteroatoms. The average Bonchev–Trinajstić information content (AvgIpc) is 2.53. The van der Waals surface area contributed by atoms with Gasteiger partial charge in [0.2, 0.25) is 0 Å². The molecule has 1 heterocycles. The Balaban J connectivity index is 2.23. The summed E-state index contributed by atoms with van der Waals surface area (Å²) in [6.45, 7) is 1.98. The van der Waals surface area contributed by atoms with Crippen LogP contribution >= 0.6 is 0 Å². The lowest BCUT2D eigenvalue weighted by Crippen LogP contribution is -2.09. The SMILES string of the molecule is CC1=NN[C@H](c2ccccc2O)C1. The van der Waals surface area contributed by atoms with E-state index in [4.69, 9.17) is 0 Å². The fraction of sp³-hybridized carbons (Fsp3) is 0.300. The van der Waals surface area contributed by atoms with Crippen molar-refractivity contribution in [1.29, 1.82) is 0 Å². The Morgan fingerprint density at radius 2 is 2.23 bits per heavy atom. The topological polar surface area (TPSA) is 44.6 Å². The Morgan fingerprint density at radius 1 is 1.46 bits per heavy atom. The number of para-hydroxylation sites is 1. The van der Waals surface area contributed by atoms with Crippen LogP contribution in [-0.4, -0.2) is 10.8 Å². The number of hydrazone groups is 1. The molecule has 0 amide bonds. The zero-order valence-corrected chi connectivity index (χ0v) is 7.49. The molecule has 13 heavy (non-hydrogen) atoms. The molecular formula is C10H12N2O. The van der Waals surface area contributed by atoms with E-state index >= 15 is 0 Å². The van der Waals surface area contributed by atoms with E-state index in [0.29, 0.717) is 5.75 Å². The number of hydrogen-bond donors (Lipinski definition) is 2. The van der Waals surface area contributed by atoms with E-state index in [1.807, 2.05) is 25.1 Å². The highest BCUT2D eigenvalue weighted by molar-refractivity contribution is 5.83. The van der Waals surface area contributed by atoms with Crippen LogP contribution in [0.5, 0.6) is 5.75 Å². The molecule has 3 nitrogen and oxygen atoms in total. The van der Waals surface area contributed by atoms with Crippen molar-refractivity contribution in [1.82, 2.24) is 5.43 Å². The van der Waals surface area contributed by atoms with Crippen molar-refractivity contribution in [2.75, 3.05) is 0 Å². The predicted octanol–water partition coefficient (Wildman–Crippen LogP) is 1.80. The maximum Gasteiger partial charge on any atom is 0.120 e. The van der Waals surface area contributed by atoms with Crippen LogP contribution in [0.15, 0.2) is 29.4 Å². The van der Waals surface area contributed by atoms with E-state index < -0.39 is 0 Å². The average molecular weight is 176 g/mol. The van der Waals surface area contributed by atoms with Gasteiger partial charge in [0, 0.05) is 17.7 Å². The van der Waals surface area contributed by atoms with Gasteiger partial charge in [-0.25, -0.2) is 0 Å². The Kier molecular flexibility index (Phi) is 1.93. The molecule has 2 rings (SSSR count). The zero-order valence-electron chi connectivity index (χ0n) is 7.49. The van der Waals surface area contributed by atoms with Crippen molar-refractivity contribution >= 4 is 5.71 Å². The molecule has 0 aliphatic carbocycles. The molecule has 1 atom stereocenters. The molecule has 0 saturated carbocycles. The molecule has 0 spiro atoms. The Morgan fingerprint density at radius 3 is 2.85 bits per heavy atom. The first kappa shape index (κ1) is 8.10. The van der Waals surface area contributed by atoms with Crippen LogP contribution in [0.2, 0.25) is 0 Å². The number of nitrogens with zero attached hydrogens (tertiary/aromatic N) is 1. The van der Waals surface area contributed by atoms with E-state index in [-0.39, 0.29) is 6.04 Å². The first-order valence-electron chi connectivity index (χ1n) is 4.34. The highest BCUT2D eigenvalue weighted by atomic mass is 16.3. The van der Waals surface area contributed by atoms with Crippen LogP contribution in [0, 0.1) is 0 Å². The van der Waals surface area contributed by atoms with E-state index in [0.717, 1.165) is 17.7 Å². The molecule has 1 aromatic rings. The lowest BCUT2D eigenvalue weighted by Gasteiger charge is -2.11. The molecule has 1 aliphatic rings. The number of benzene rings is 1. The summed E-state index contributed by atoms with van der Waals surface area (Å²) in [5.74, 6) is 0.338. The third-order valence-corrected chi connectivity index (χ3v) is 2.22. The number of hydrogen-bond acceptors (Lipinski definition) is 3. The quantitative estimate of drug-likeness (QED) is 0.685. The molecule has 0 radical (unpaired) electrons. The summed E-state index contributed by atoms with van der Waals surface area (Å²) in [7, 11) is 0. The monoisotopic (exact) mass is 176 g/mol. The summed E-state index contributed by atoms with van der Waals surface area (Å²) >= 11 is 0. The van der Waals surface area contributed by atoms with E-state index in [1.54, 1.807) is 6.07 Å². The van der Waals surface area contributed by atoms with Gasteiger partial charge in [-0.05, 0) is 13.0 Å². The first-order valence-corrected chi connectivity index (χ1v) is 4.34. The number of aromatic hydroxyl groups is 1. The van der Waals surface area contributed by atoms with Gasteiger partial charge in [0.15, 0.2) is 0 Å². The lowest BCUT2D eigenvalue weighted by atomic mass is 10.0. The molecule has 0 saturated heterocycles. The van der Waals surface area contributed by atoms with Gasteiger partial charge in [0.1, 0.15) is 5.75 Å². The summed E-state index contributed by atoms with van der Waals surface area (Å²) in [6, 6.07) is 7.50. The normalized spacial score (nSPS) is 21.0.